The lowest BCUT2D eigenvalue weighted by Gasteiger charge is -2.56. The number of hydrogen-bond acceptors (Lipinski definition) is 6. The van der Waals surface area contributed by atoms with E-state index in [-0.39, 0.29) is 13.2 Å². The van der Waals surface area contributed by atoms with Crippen LogP contribution in [0.15, 0.2) is 0 Å². The summed E-state index contributed by atoms with van der Waals surface area (Å²) in [7, 11) is 0. The lowest BCUT2D eigenvalue weighted by Crippen LogP contribution is -2.75. The van der Waals surface area contributed by atoms with Crippen LogP contribution in [0.4, 0.5) is 0 Å². The van der Waals surface area contributed by atoms with Crippen molar-refractivity contribution in [2.75, 3.05) is 19.8 Å². The van der Waals surface area contributed by atoms with Crippen molar-refractivity contribution in [2.45, 2.75) is 69.1 Å². The molecule has 3 saturated heterocycles. The fourth-order valence-corrected chi connectivity index (χ4v) is 3.48. The second kappa shape index (κ2) is 6.25. The molecule has 3 heterocycles. The average molecular weight is 289 g/mol. The first-order valence-corrected chi connectivity index (χ1v) is 7.65. The van der Waals surface area contributed by atoms with E-state index in [0.717, 1.165) is 19.3 Å². The Morgan fingerprint density at radius 1 is 0.900 bits per heavy atom. The SMILES string of the molecule is CCCCCCCCN1[C@@]2(CO)O[C@]1(CO)[C@@H](O)[C@@H]2O. The van der Waals surface area contributed by atoms with Crippen LogP contribution in [0.2, 0.25) is 0 Å². The molecular formula is C14H27NO5. The first kappa shape index (κ1) is 16.1. The van der Waals surface area contributed by atoms with Gasteiger partial charge in [-0.2, -0.15) is 0 Å². The van der Waals surface area contributed by atoms with Crippen LogP contribution in [0.5, 0.6) is 0 Å². The van der Waals surface area contributed by atoms with Gasteiger partial charge >= 0.3 is 0 Å². The summed E-state index contributed by atoms with van der Waals surface area (Å²) < 4.78 is 5.48. The van der Waals surface area contributed by atoms with Gasteiger partial charge < -0.3 is 25.2 Å². The molecule has 4 atom stereocenters. The van der Waals surface area contributed by atoms with Crippen molar-refractivity contribution in [2.24, 2.45) is 0 Å². The Morgan fingerprint density at radius 2 is 1.40 bits per heavy atom. The van der Waals surface area contributed by atoms with Crippen LogP contribution in [0, 0.1) is 0 Å². The number of aliphatic hydroxyl groups excluding tert-OH is 4. The number of hydrogen-bond donors (Lipinski definition) is 4. The smallest absolute Gasteiger partial charge is 0.178 e. The van der Waals surface area contributed by atoms with Crippen LogP contribution in [-0.2, 0) is 4.74 Å². The summed E-state index contributed by atoms with van der Waals surface area (Å²) in [5.41, 5.74) is -2.46. The number of aliphatic hydroxyl groups is 4. The minimum absolute atomic E-state index is 0.386. The first-order chi connectivity index (χ1) is 9.59. The summed E-state index contributed by atoms with van der Waals surface area (Å²) in [6.07, 6.45) is 4.42. The molecule has 0 saturated carbocycles. The summed E-state index contributed by atoms with van der Waals surface area (Å²) in [6.45, 7) is 2.00. The van der Waals surface area contributed by atoms with E-state index in [9.17, 15) is 20.4 Å². The Hall–Kier alpha value is -0.240. The number of nitrogens with zero attached hydrogens (tertiary/aromatic N) is 1. The van der Waals surface area contributed by atoms with Crippen LogP contribution >= 0.6 is 0 Å². The highest BCUT2D eigenvalue weighted by atomic mass is 16.7. The van der Waals surface area contributed by atoms with Gasteiger partial charge in [-0.3, -0.25) is 0 Å². The predicted octanol–water partition coefficient (Wildman–Crippen LogP) is -0.208. The van der Waals surface area contributed by atoms with Crippen LogP contribution < -0.4 is 0 Å². The third kappa shape index (κ3) is 2.19. The molecule has 3 aliphatic rings. The maximum atomic E-state index is 10.0. The molecule has 0 spiro atoms. The van der Waals surface area contributed by atoms with E-state index in [0.29, 0.717) is 6.54 Å². The van der Waals surface area contributed by atoms with Crippen molar-refractivity contribution in [1.82, 2.24) is 4.90 Å². The minimum atomic E-state index is -1.23. The molecule has 3 aliphatic heterocycles. The lowest BCUT2D eigenvalue weighted by atomic mass is 10.1. The van der Waals surface area contributed by atoms with Crippen molar-refractivity contribution >= 4 is 0 Å². The predicted molar refractivity (Wildman–Crippen MR) is 72.8 cm³/mol. The van der Waals surface area contributed by atoms with E-state index in [1.807, 2.05) is 0 Å². The Kier molecular flexibility index (Phi) is 5.05. The van der Waals surface area contributed by atoms with Crippen molar-refractivity contribution in [1.29, 1.82) is 0 Å². The molecule has 0 radical (unpaired) electrons. The summed E-state index contributed by atoms with van der Waals surface area (Å²) in [4.78, 5) is 1.73. The number of fused-ring (bicyclic) bond motifs is 1. The molecule has 0 aromatic carbocycles. The van der Waals surface area contributed by atoms with E-state index in [4.69, 9.17) is 4.74 Å². The zero-order valence-corrected chi connectivity index (χ0v) is 12.2. The van der Waals surface area contributed by atoms with E-state index < -0.39 is 23.7 Å². The second-order valence-electron chi connectivity index (χ2n) is 5.92. The molecule has 6 heteroatoms. The van der Waals surface area contributed by atoms with E-state index in [1.165, 1.54) is 19.3 Å². The van der Waals surface area contributed by atoms with Gasteiger partial charge in [-0.15, -0.1) is 0 Å². The lowest BCUT2D eigenvalue weighted by molar-refractivity contribution is -0.403. The first-order valence-electron chi connectivity index (χ1n) is 7.65. The number of rotatable bonds is 9. The standard InChI is InChI=1S/C14H27NO5/c1-2-3-4-5-6-7-8-15-13(9-16)11(18)12(19)14(15,10-17)20-13/h11-12,16-19H,2-10H2,1H3/t11-,12-,13-,14+/m0/s1. The third-order valence-corrected chi connectivity index (χ3v) is 4.68. The van der Waals surface area contributed by atoms with Crippen LogP contribution in [0.1, 0.15) is 45.4 Å². The molecule has 2 bridgehead atoms. The van der Waals surface area contributed by atoms with Gasteiger partial charge in [-0.05, 0) is 6.42 Å². The van der Waals surface area contributed by atoms with Crippen LogP contribution in [0.25, 0.3) is 0 Å². The Labute approximate surface area is 120 Å². The van der Waals surface area contributed by atoms with Gasteiger partial charge in [-0.25, -0.2) is 4.90 Å². The van der Waals surface area contributed by atoms with Gasteiger partial charge in [0, 0.05) is 6.54 Å². The Bertz CT molecular complexity index is 307. The second-order valence-corrected chi connectivity index (χ2v) is 5.92. The van der Waals surface area contributed by atoms with Gasteiger partial charge in [0.1, 0.15) is 12.2 Å². The van der Waals surface area contributed by atoms with Gasteiger partial charge in [0.25, 0.3) is 0 Å². The highest BCUT2D eigenvalue weighted by molar-refractivity contribution is 5.20. The molecule has 20 heavy (non-hydrogen) atoms. The molecule has 0 aromatic heterocycles. The van der Waals surface area contributed by atoms with Gasteiger partial charge in [-0.1, -0.05) is 39.0 Å². The molecule has 118 valence electrons. The fourth-order valence-electron chi connectivity index (χ4n) is 3.48. The van der Waals surface area contributed by atoms with Gasteiger partial charge in [0.05, 0.1) is 13.2 Å². The zero-order chi connectivity index (χ0) is 14.8. The van der Waals surface area contributed by atoms with E-state index in [2.05, 4.69) is 6.92 Å². The molecule has 4 N–H and O–H groups in total. The topological polar surface area (TPSA) is 93.4 Å². The number of unbranched alkanes of at least 4 members (excludes halogenated alkanes) is 5. The fraction of sp³-hybridized carbons (Fsp3) is 1.00. The molecule has 0 aromatic rings. The number of ether oxygens (including phenoxy) is 1. The molecule has 3 fully saturated rings. The quantitative estimate of drug-likeness (QED) is 0.439. The molecule has 3 rings (SSSR count). The normalized spacial score (nSPS) is 40.0. The average Bonchev–Trinajstić information content (AvgIpc) is 2.77. The molecule has 0 unspecified atom stereocenters. The van der Waals surface area contributed by atoms with Crippen molar-refractivity contribution in [3.63, 3.8) is 0 Å². The van der Waals surface area contributed by atoms with Crippen LogP contribution in [-0.4, -0.2) is 68.7 Å². The zero-order valence-electron chi connectivity index (χ0n) is 12.2. The van der Waals surface area contributed by atoms with Gasteiger partial charge in [0.15, 0.2) is 11.4 Å². The summed E-state index contributed by atoms with van der Waals surface area (Å²) >= 11 is 0. The third-order valence-electron chi connectivity index (χ3n) is 4.68. The maximum absolute atomic E-state index is 10.0. The largest absolute Gasteiger partial charge is 0.392 e. The van der Waals surface area contributed by atoms with Gasteiger partial charge in [0.2, 0.25) is 0 Å². The van der Waals surface area contributed by atoms with E-state index >= 15 is 0 Å². The van der Waals surface area contributed by atoms with Crippen molar-refractivity contribution in [3.8, 4) is 0 Å². The summed E-state index contributed by atoms with van der Waals surface area (Å²) in [5, 5.41) is 39.0. The summed E-state index contributed by atoms with van der Waals surface area (Å²) in [5.74, 6) is 0. The van der Waals surface area contributed by atoms with Crippen LogP contribution in [0.3, 0.4) is 0 Å². The Morgan fingerprint density at radius 3 is 1.90 bits per heavy atom. The molecule has 0 aliphatic carbocycles. The van der Waals surface area contributed by atoms with Crippen molar-refractivity contribution in [3.05, 3.63) is 0 Å². The highest BCUT2D eigenvalue weighted by Gasteiger charge is 2.78. The Balaban J connectivity index is 1.87. The molecule has 0 amide bonds. The molecule has 6 nitrogen and oxygen atoms in total. The molecular weight excluding hydrogens is 262 g/mol. The van der Waals surface area contributed by atoms with E-state index in [1.54, 1.807) is 4.90 Å². The monoisotopic (exact) mass is 289 g/mol. The van der Waals surface area contributed by atoms with Crippen molar-refractivity contribution < 1.29 is 25.2 Å². The summed E-state index contributed by atoms with van der Waals surface area (Å²) in [6, 6.07) is 0. The minimum Gasteiger partial charge on any atom is -0.392 e. The maximum Gasteiger partial charge on any atom is 0.178 e. The highest BCUT2D eigenvalue weighted by Crippen LogP contribution is 2.54.